The van der Waals surface area contributed by atoms with E-state index in [9.17, 15) is 9.59 Å². The summed E-state index contributed by atoms with van der Waals surface area (Å²) in [5, 5.41) is 6.91. The molecule has 0 aliphatic heterocycles. The van der Waals surface area contributed by atoms with Crippen LogP contribution >= 0.6 is 34.7 Å². The molecule has 0 fully saturated rings. The van der Waals surface area contributed by atoms with E-state index in [0.717, 1.165) is 11.5 Å². The summed E-state index contributed by atoms with van der Waals surface area (Å²) in [6.45, 7) is 3.39. The first-order valence-corrected chi connectivity index (χ1v) is 8.38. The Kier molecular flexibility index (Phi) is 6.36. The van der Waals surface area contributed by atoms with E-state index in [2.05, 4.69) is 14.9 Å². The molecule has 2 aromatic rings. The smallest absolute Gasteiger partial charge is 0.362 e. The molecular weight excluding hydrogens is 377 g/mol. The van der Waals surface area contributed by atoms with E-state index in [1.165, 1.54) is 6.92 Å². The van der Waals surface area contributed by atoms with Gasteiger partial charge in [0.1, 0.15) is 10.8 Å². The van der Waals surface area contributed by atoms with E-state index in [1.54, 1.807) is 25.1 Å². The zero-order valence-corrected chi connectivity index (χ0v) is 15.0. The maximum atomic E-state index is 12.2. The number of anilines is 1. The molecule has 0 bridgehead atoms. The van der Waals surface area contributed by atoms with Crippen molar-refractivity contribution in [2.45, 2.75) is 20.0 Å². The first kappa shape index (κ1) is 18.4. The van der Waals surface area contributed by atoms with Crippen LogP contribution in [0.2, 0.25) is 10.0 Å². The quantitative estimate of drug-likeness (QED) is 0.760. The predicted octanol–water partition coefficient (Wildman–Crippen LogP) is 3.43. The van der Waals surface area contributed by atoms with Crippen molar-refractivity contribution in [3.63, 3.8) is 0 Å². The number of esters is 1. The van der Waals surface area contributed by atoms with E-state index >= 15 is 0 Å². The second kappa shape index (κ2) is 8.27. The minimum absolute atomic E-state index is 0.0526. The minimum atomic E-state index is -0.891. The molecule has 0 spiro atoms. The summed E-state index contributed by atoms with van der Waals surface area (Å²) < 4.78 is 14.0. The van der Waals surface area contributed by atoms with Crippen LogP contribution in [0.5, 0.6) is 5.75 Å². The zero-order valence-electron chi connectivity index (χ0n) is 12.7. The standard InChI is InChI=1S/C14H13Cl2N3O4S/c1-3-22-14(21)11-13(24-19-18-11)17-12(20)7(2)23-9-6-4-5-8(15)10(9)16/h4-7H,3H2,1-2H3,(H,17,20). The van der Waals surface area contributed by atoms with Crippen molar-refractivity contribution in [2.75, 3.05) is 11.9 Å². The fraction of sp³-hybridized carbons (Fsp3) is 0.286. The SMILES string of the molecule is CCOC(=O)c1nnsc1NC(=O)C(C)Oc1cccc(Cl)c1Cl. The lowest BCUT2D eigenvalue weighted by molar-refractivity contribution is -0.122. The van der Waals surface area contributed by atoms with Crippen LogP contribution in [0.3, 0.4) is 0 Å². The summed E-state index contributed by atoms with van der Waals surface area (Å²) >= 11 is 12.8. The third-order valence-electron chi connectivity index (χ3n) is 2.78. The van der Waals surface area contributed by atoms with Crippen LogP contribution in [-0.4, -0.2) is 34.2 Å². The van der Waals surface area contributed by atoms with E-state index in [4.69, 9.17) is 32.7 Å². The second-order valence-corrected chi connectivity index (χ2v) is 6.01. The molecule has 1 N–H and O–H groups in total. The van der Waals surface area contributed by atoms with Crippen LogP contribution in [0, 0.1) is 0 Å². The van der Waals surface area contributed by atoms with Crippen molar-refractivity contribution in [1.29, 1.82) is 0 Å². The zero-order chi connectivity index (χ0) is 17.7. The van der Waals surface area contributed by atoms with Crippen LogP contribution in [-0.2, 0) is 9.53 Å². The molecule has 1 amide bonds. The number of benzene rings is 1. The van der Waals surface area contributed by atoms with Crippen LogP contribution in [0.4, 0.5) is 5.00 Å². The number of carbonyl (C=O) groups is 2. The number of amides is 1. The highest BCUT2D eigenvalue weighted by Crippen LogP contribution is 2.32. The van der Waals surface area contributed by atoms with Gasteiger partial charge in [-0.2, -0.15) is 0 Å². The molecular formula is C14H13Cl2N3O4S. The summed E-state index contributed by atoms with van der Waals surface area (Å²) in [5.41, 5.74) is -0.0526. The van der Waals surface area contributed by atoms with Gasteiger partial charge in [0.15, 0.2) is 11.1 Å². The van der Waals surface area contributed by atoms with E-state index in [1.807, 2.05) is 0 Å². The Balaban J connectivity index is 2.06. The van der Waals surface area contributed by atoms with Gasteiger partial charge in [0.2, 0.25) is 5.69 Å². The van der Waals surface area contributed by atoms with Gasteiger partial charge in [-0.1, -0.05) is 33.8 Å². The highest BCUT2D eigenvalue weighted by atomic mass is 35.5. The lowest BCUT2D eigenvalue weighted by Crippen LogP contribution is -2.30. The van der Waals surface area contributed by atoms with Gasteiger partial charge < -0.3 is 14.8 Å². The first-order chi connectivity index (χ1) is 11.4. The van der Waals surface area contributed by atoms with Crippen molar-refractivity contribution in [2.24, 2.45) is 0 Å². The number of hydrogen-bond acceptors (Lipinski definition) is 7. The van der Waals surface area contributed by atoms with Gasteiger partial charge in [0.05, 0.1) is 11.6 Å². The van der Waals surface area contributed by atoms with Crippen molar-refractivity contribution in [3.8, 4) is 5.75 Å². The number of ether oxygens (including phenoxy) is 2. The monoisotopic (exact) mass is 389 g/mol. The van der Waals surface area contributed by atoms with Crippen LogP contribution in [0.15, 0.2) is 18.2 Å². The van der Waals surface area contributed by atoms with Crippen molar-refractivity contribution >= 4 is 51.6 Å². The van der Waals surface area contributed by atoms with Crippen LogP contribution < -0.4 is 10.1 Å². The van der Waals surface area contributed by atoms with Crippen molar-refractivity contribution in [1.82, 2.24) is 9.59 Å². The molecule has 128 valence electrons. The largest absolute Gasteiger partial charge is 0.479 e. The van der Waals surface area contributed by atoms with Crippen molar-refractivity contribution < 1.29 is 19.1 Å². The fourth-order valence-corrected chi connectivity index (χ4v) is 2.54. The van der Waals surface area contributed by atoms with Gasteiger partial charge in [0.25, 0.3) is 5.91 Å². The van der Waals surface area contributed by atoms with E-state index < -0.39 is 18.0 Å². The molecule has 1 aromatic heterocycles. The molecule has 10 heteroatoms. The molecule has 7 nitrogen and oxygen atoms in total. The van der Waals surface area contributed by atoms with Crippen LogP contribution in [0.25, 0.3) is 0 Å². The first-order valence-electron chi connectivity index (χ1n) is 6.85. The Bertz CT molecular complexity index is 753. The molecule has 0 radical (unpaired) electrons. The van der Waals surface area contributed by atoms with E-state index in [0.29, 0.717) is 5.02 Å². The summed E-state index contributed by atoms with van der Waals surface area (Å²) in [4.78, 5) is 23.9. The van der Waals surface area contributed by atoms with Gasteiger partial charge in [-0.25, -0.2) is 4.79 Å². The number of carbonyl (C=O) groups excluding carboxylic acids is 2. The third-order valence-corrected chi connectivity index (χ3v) is 4.23. The fourth-order valence-electron chi connectivity index (χ4n) is 1.64. The molecule has 24 heavy (non-hydrogen) atoms. The number of halogens is 2. The Labute approximate surface area is 152 Å². The summed E-state index contributed by atoms with van der Waals surface area (Å²) in [6.07, 6.45) is -0.891. The van der Waals surface area contributed by atoms with Crippen molar-refractivity contribution in [3.05, 3.63) is 33.9 Å². The average molecular weight is 390 g/mol. The summed E-state index contributed by atoms with van der Waals surface area (Å²) in [6, 6.07) is 4.85. The number of hydrogen-bond donors (Lipinski definition) is 1. The van der Waals surface area contributed by atoms with E-state index in [-0.39, 0.29) is 28.1 Å². The summed E-state index contributed by atoms with van der Waals surface area (Å²) in [7, 11) is 0. The van der Waals surface area contributed by atoms with Gasteiger partial charge in [-0.15, -0.1) is 5.10 Å². The lowest BCUT2D eigenvalue weighted by Gasteiger charge is -2.15. The molecule has 1 atom stereocenters. The summed E-state index contributed by atoms with van der Waals surface area (Å²) in [5.74, 6) is -0.879. The molecule has 1 aromatic carbocycles. The average Bonchev–Trinajstić information content (AvgIpc) is 3.00. The maximum absolute atomic E-state index is 12.2. The van der Waals surface area contributed by atoms with Gasteiger partial charge >= 0.3 is 5.97 Å². The number of nitrogens with one attached hydrogen (secondary N) is 1. The third kappa shape index (κ3) is 4.34. The molecule has 2 rings (SSSR count). The topological polar surface area (TPSA) is 90.4 Å². The molecule has 1 unspecified atom stereocenters. The van der Waals surface area contributed by atoms with Gasteiger partial charge in [-0.3, -0.25) is 4.79 Å². The Morgan fingerprint density at radius 2 is 2.12 bits per heavy atom. The second-order valence-electron chi connectivity index (χ2n) is 4.47. The molecule has 0 aliphatic rings. The normalized spacial score (nSPS) is 11.7. The van der Waals surface area contributed by atoms with Gasteiger partial charge in [-0.05, 0) is 26.0 Å². The minimum Gasteiger partial charge on any atom is -0.479 e. The highest BCUT2D eigenvalue weighted by Gasteiger charge is 2.23. The maximum Gasteiger partial charge on any atom is 0.362 e. The number of nitrogens with zero attached hydrogens (tertiary/aromatic N) is 2. The molecule has 0 aliphatic carbocycles. The number of rotatable bonds is 6. The Hall–Kier alpha value is -1.90. The van der Waals surface area contributed by atoms with Gasteiger partial charge in [0, 0.05) is 11.5 Å². The highest BCUT2D eigenvalue weighted by molar-refractivity contribution is 7.10. The molecule has 1 heterocycles. The predicted molar refractivity (Wildman–Crippen MR) is 91.0 cm³/mol. The Morgan fingerprint density at radius 3 is 2.83 bits per heavy atom. The molecule has 0 saturated heterocycles. The molecule has 0 saturated carbocycles. The lowest BCUT2D eigenvalue weighted by atomic mass is 10.3. The number of aromatic nitrogens is 2. The van der Waals surface area contributed by atoms with Crippen LogP contribution in [0.1, 0.15) is 24.3 Å². The Morgan fingerprint density at radius 1 is 1.38 bits per heavy atom.